The molecule has 0 spiro atoms. The largest absolute Gasteiger partial charge is 0.390 e. The van der Waals surface area contributed by atoms with Crippen LogP contribution in [0, 0.1) is 40.4 Å². The van der Waals surface area contributed by atoms with Crippen molar-refractivity contribution >= 4 is 5.78 Å². The molecule has 0 aliphatic heterocycles. The van der Waals surface area contributed by atoms with Crippen molar-refractivity contribution in [1.29, 1.82) is 0 Å². The van der Waals surface area contributed by atoms with E-state index in [1.165, 1.54) is 19.3 Å². The minimum absolute atomic E-state index is 0.00378. The van der Waals surface area contributed by atoms with Crippen molar-refractivity contribution in [2.45, 2.75) is 91.3 Å². The average molecular weight is 363 g/mol. The molecule has 1 N–H and O–H groups in total. The van der Waals surface area contributed by atoms with Crippen LogP contribution in [0.4, 0.5) is 0 Å². The zero-order valence-corrected chi connectivity index (χ0v) is 17.2. The van der Waals surface area contributed by atoms with Gasteiger partial charge in [-0.05, 0) is 80.0 Å². The highest BCUT2D eigenvalue weighted by Gasteiger charge is 2.61. The molecule has 3 nitrogen and oxygen atoms in total. The number of carbonyl (C=O) groups is 1. The van der Waals surface area contributed by atoms with Crippen LogP contribution in [0.15, 0.2) is 0 Å². The van der Waals surface area contributed by atoms with E-state index in [9.17, 15) is 9.90 Å². The lowest BCUT2D eigenvalue weighted by Gasteiger charge is -2.61. The maximum atomic E-state index is 12.6. The van der Waals surface area contributed by atoms with Crippen molar-refractivity contribution in [3.63, 3.8) is 0 Å². The third-order valence-corrected chi connectivity index (χ3v) is 9.01. The molecule has 0 aromatic carbocycles. The molecule has 0 aromatic rings. The number of ketones is 1. The molecule has 0 heterocycles. The second-order valence-electron chi connectivity index (χ2n) is 10.8. The van der Waals surface area contributed by atoms with E-state index < -0.39 is 0 Å². The zero-order chi connectivity index (χ0) is 18.7. The van der Waals surface area contributed by atoms with Gasteiger partial charge >= 0.3 is 0 Å². The van der Waals surface area contributed by atoms with Gasteiger partial charge in [0.15, 0.2) is 0 Å². The summed E-state index contributed by atoms with van der Waals surface area (Å²) in [6, 6.07) is 0. The Labute approximate surface area is 159 Å². The summed E-state index contributed by atoms with van der Waals surface area (Å²) in [5, 5.41) is 10.7. The Bertz CT molecular complexity index is 558. The first-order valence-corrected chi connectivity index (χ1v) is 11.1. The standard InChI is InChI=1S/C23H38O3/c1-14(2)13-26-20-12-23(4)15(11-19(20)24)5-6-16-17-7-8-21(25)22(17,3)10-9-18(16)23/h14-20,24H,5-13H2,1-4H3/t15-,16-,17-,18?,19-,20-,22-,23-/m0/s1. The summed E-state index contributed by atoms with van der Waals surface area (Å²) in [5.74, 6) is 3.69. The lowest BCUT2D eigenvalue weighted by molar-refractivity contribution is -0.173. The smallest absolute Gasteiger partial charge is 0.139 e. The minimum atomic E-state index is -0.301. The fourth-order valence-corrected chi connectivity index (χ4v) is 7.51. The first-order chi connectivity index (χ1) is 12.3. The van der Waals surface area contributed by atoms with E-state index in [4.69, 9.17) is 4.74 Å². The molecule has 3 heteroatoms. The monoisotopic (exact) mass is 362 g/mol. The van der Waals surface area contributed by atoms with Crippen LogP contribution in [-0.2, 0) is 9.53 Å². The molecule has 0 radical (unpaired) electrons. The van der Waals surface area contributed by atoms with Gasteiger partial charge in [0.1, 0.15) is 5.78 Å². The second-order valence-corrected chi connectivity index (χ2v) is 10.8. The van der Waals surface area contributed by atoms with E-state index in [0.717, 1.165) is 38.7 Å². The molecule has 4 fully saturated rings. The lowest BCUT2D eigenvalue weighted by atomic mass is 9.45. The molecule has 1 unspecified atom stereocenters. The van der Waals surface area contributed by atoms with E-state index in [-0.39, 0.29) is 23.0 Å². The number of hydrogen-bond donors (Lipinski definition) is 1. The predicted octanol–water partition coefficient (Wildman–Crippen LogP) is 4.61. The van der Waals surface area contributed by atoms with Crippen LogP contribution in [0.3, 0.4) is 0 Å². The summed E-state index contributed by atoms with van der Waals surface area (Å²) < 4.78 is 6.17. The first-order valence-electron chi connectivity index (χ1n) is 11.1. The summed E-state index contributed by atoms with van der Waals surface area (Å²) in [7, 11) is 0. The minimum Gasteiger partial charge on any atom is -0.390 e. The number of ether oxygens (including phenoxy) is 1. The Kier molecular flexibility index (Phi) is 4.79. The van der Waals surface area contributed by atoms with Gasteiger partial charge in [-0.2, -0.15) is 0 Å². The van der Waals surface area contributed by atoms with Crippen molar-refractivity contribution in [2.75, 3.05) is 6.61 Å². The Balaban J connectivity index is 1.56. The van der Waals surface area contributed by atoms with Gasteiger partial charge in [0, 0.05) is 18.4 Å². The van der Waals surface area contributed by atoms with Crippen LogP contribution in [0.1, 0.15) is 79.1 Å². The lowest BCUT2D eigenvalue weighted by Crippen LogP contribution is -2.57. The van der Waals surface area contributed by atoms with Crippen molar-refractivity contribution in [3.8, 4) is 0 Å². The van der Waals surface area contributed by atoms with Crippen LogP contribution in [0.2, 0.25) is 0 Å². The van der Waals surface area contributed by atoms with Gasteiger partial charge in [0.2, 0.25) is 0 Å². The normalized spacial score (nSPS) is 51.1. The van der Waals surface area contributed by atoms with Gasteiger partial charge in [-0.1, -0.05) is 27.7 Å². The third kappa shape index (κ3) is 2.80. The van der Waals surface area contributed by atoms with E-state index in [1.807, 2.05) is 0 Å². The molecule has 4 aliphatic carbocycles. The van der Waals surface area contributed by atoms with E-state index in [1.54, 1.807) is 0 Å². The molecule has 8 atom stereocenters. The molecule has 4 aliphatic rings. The first kappa shape index (κ1) is 18.9. The van der Waals surface area contributed by atoms with Crippen LogP contribution in [0.25, 0.3) is 0 Å². The number of carbonyl (C=O) groups excluding carboxylic acids is 1. The summed E-state index contributed by atoms with van der Waals surface area (Å²) in [6.45, 7) is 9.85. The molecule has 4 saturated carbocycles. The predicted molar refractivity (Wildman–Crippen MR) is 103 cm³/mol. The number of Topliss-reactive ketones (excluding diaryl/α,β-unsaturated/α-hetero) is 1. The van der Waals surface area contributed by atoms with Crippen molar-refractivity contribution in [1.82, 2.24) is 0 Å². The Morgan fingerprint density at radius 3 is 2.65 bits per heavy atom. The molecule has 0 aromatic heterocycles. The number of aliphatic hydroxyl groups excluding tert-OH is 1. The topological polar surface area (TPSA) is 46.5 Å². The molecule has 0 amide bonds. The summed E-state index contributed by atoms with van der Waals surface area (Å²) in [4.78, 5) is 12.6. The highest BCUT2D eigenvalue weighted by atomic mass is 16.5. The summed E-state index contributed by atoms with van der Waals surface area (Å²) >= 11 is 0. The third-order valence-electron chi connectivity index (χ3n) is 9.01. The average Bonchev–Trinajstić information content (AvgIpc) is 2.89. The van der Waals surface area contributed by atoms with Crippen LogP contribution < -0.4 is 0 Å². The van der Waals surface area contributed by atoms with Crippen molar-refractivity contribution in [2.24, 2.45) is 40.4 Å². The number of aliphatic hydroxyl groups is 1. The molecular weight excluding hydrogens is 324 g/mol. The second kappa shape index (κ2) is 6.58. The maximum absolute atomic E-state index is 12.6. The van der Waals surface area contributed by atoms with Gasteiger partial charge in [-0.25, -0.2) is 0 Å². The molecule has 0 bridgehead atoms. The highest BCUT2D eigenvalue weighted by molar-refractivity contribution is 5.87. The van der Waals surface area contributed by atoms with Crippen LogP contribution in [-0.4, -0.2) is 29.7 Å². The number of hydrogen-bond acceptors (Lipinski definition) is 3. The molecule has 4 rings (SSSR count). The zero-order valence-electron chi connectivity index (χ0n) is 17.2. The molecule has 148 valence electrons. The SMILES string of the molecule is CC(C)CO[C@H]1C[C@]2(C)C3CC[C@]4(C)C(=O)CC[C@H]4[C@@H]3CC[C@H]2C[C@@H]1O. The molecule has 26 heavy (non-hydrogen) atoms. The van der Waals surface area contributed by atoms with Crippen molar-refractivity contribution in [3.05, 3.63) is 0 Å². The van der Waals surface area contributed by atoms with E-state index in [2.05, 4.69) is 27.7 Å². The fraction of sp³-hybridized carbons (Fsp3) is 0.957. The molecular formula is C23H38O3. The summed E-state index contributed by atoms with van der Waals surface area (Å²) in [6.07, 6.45) is 8.31. The van der Waals surface area contributed by atoms with E-state index >= 15 is 0 Å². The Hall–Kier alpha value is -0.410. The van der Waals surface area contributed by atoms with Crippen LogP contribution >= 0.6 is 0 Å². The van der Waals surface area contributed by atoms with Crippen LogP contribution in [0.5, 0.6) is 0 Å². The van der Waals surface area contributed by atoms with Gasteiger partial charge in [-0.3, -0.25) is 4.79 Å². The maximum Gasteiger partial charge on any atom is 0.139 e. The Morgan fingerprint density at radius 2 is 1.92 bits per heavy atom. The summed E-state index contributed by atoms with van der Waals surface area (Å²) in [5.41, 5.74) is 0.239. The quantitative estimate of drug-likeness (QED) is 0.797. The number of fused-ring (bicyclic) bond motifs is 5. The Morgan fingerprint density at radius 1 is 1.15 bits per heavy atom. The fourth-order valence-electron chi connectivity index (χ4n) is 7.51. The van der Waals surface area contributed by atoms with Gasteiger partial charge < -0.3 is 9.84 Å². The van der Waals surface area contributed by atoms with E-state index in [0.29, 0.717) is 35.4 Å². The number of rotatable bonds is 3. The van der Waals surface area contributed by atoms with Crippen molar-refractivity contribution < 1.29 is 14.6 Å². The van der Waals surface area contributed by atoms with Gasteiger partial charge in [0.05, 0.1) is 12.2 Å². The van der Waals surface area contributed by atoms with Gasteiger partial charge in [0.25, 0.3) is 0 Å². The molecule has 0 saturated heterocycles. The van der Waals surface area contributed by atoms with Gasteiger partial charge in [-0.15, -0.1) is 0 Å². The highest BCUT2D eigenvalue weighted by Crippen LogP contribution is 2.65.